The fourth-order valence-corrected chi connectivity index (χ4v) is 4.57. The summed E-state index contributed by atoms with van der Waals surface area (Å²) >= 11 is 0. The van der Waals surface area contributed by atoms with Gasteiger partial charge in [0.2, 0.25) is 0 Å². The molecule has 0 spiro atoms. The van der Waals surface area contributed by atoms with Crippen molar-refractivity contribution < 1.29 is 4.74 Å². The van der Waals surface area contributed by atoms with Gasteiger partial charge in [0, 0.05) is 48.1 Å². The molecule has 142 valence electrons. The predicted octanol–water partition coefficient (Wildman–Crippen LogP) is 4.20. The van der Waals surface area contributed by atoms with Gasteiger partial charge in [0.25, 0.3) is 0 Å². The Morgan fingerprint density at radius 1 is 1.22 bits per heavy atom. The Morgan fingerprint density at radius 2 is 2.19 bits per heavy atom. The van der Waals surface area contributed by atoms with Crippen molar-refractivity contribution in [3.05, 3.63) is 42.9 Å². The van der Waals surface area contributed by atoms with Crippen molar-refractivity contribution in [2.45, 2.75) is 51.4 Å². The third kappa shape index (κ3) is 3.42. The second-order valence-electron chi connectivity index (χ2n) is 8.18. The van der Waals surface area contributed by atoms with Gasteiger partial charge in [-0.15, -0.1) is 0 Å². The van der Waals surface area contributed by atoms with Crippen LogP contribution in [-0.4, -0.2) is 33.5 Å². The minimum Gasteiger partial charge on any atom is -0.357 e. The van der Waals surface area contributed by atoms with Crippen molar-refractivity contribution in [2.75, 3.05) is 13.2 Å². The van der Waals surface area contributed by atoms with Crippen molar-refractivity contribution in [2.24, 2.45) is 5.92 Å². The van der Waals surface area contributed by atoms with Gasteiger partial charge in [-0.1, -0.05) is 6.07 Å². The van der Waals surface area contributed by atoms with Crippen LogP contribution in [0, 0.1) is 5.92 Å². The Kier molecular flexibility index (Phi) is 4.50. The Hall–Kier alpha value is -2.11. The molecule has 5 rings (SSSR count). The Balaban J connectivity index is 1.36. The maximum atomic E-state index is 5.85. The van der Waals surface area contributed by atoms with Gasteiger partial charge in [0.05, 0.1) is 6.20 Å². The van der Waals surface area contributed by atoms with E-state index < -0.39 is 0 Å². The highest BCUT2D eigenvalue weighted by molar-refractivity contribution is 5.85. The first-order valence-electron chi connectivity index (χ1n) is 10.2. The summed E-state index contributed by atoms with van der Waals surface area (Å²) in [5.74, 6) is 0.726. The number of nitrogens with one attached hydrogen (secondary N) is 1. The summed E-state index contributed by atoms with van der Waals surface area (Å²) in [5.41, 5.74) is 3.70. The zero-order valence-corrected chi connectivity index (χ0v) is 16.0. The molecule has 1 aromatic carbocycles. The van der Waals surface area contributed by atoms with E-state index >= 15 is 0 Å². The number of hydrogen-bond acceptors (Lipinski definition) is 3. The van der Waals surface area contributed by atoms with Gasteiger partial charge in [0.15, 0.2) is 0 Å². The lowest BCUT2D eigenvalue weighted by Gasteiger charge is -2.22. The van der Waals surface area contributed by atoms with Crippen LogP contribution in [0.5, 0.6) is 0 Å². The molecule has 1 N–H and O–H groups in total. The molecule has 5 nitrogen and oxygen atoms in total. The van der Waals surface area contributed by atoms with E-state index in [9.17, 15) is 0 Å². The molecule has 4 heterocycles. The van der Waals surface area contributed by atoms with Crippen LogP contribution in [0.3, 0.4) is 0 Å². The van der Waals surface area contributed by atoms with E-state index in [4.69, 9.17) is 4.74 Å². The molecule has 0 aliphatic carbocycles. The first-order valence-corrected chi connectivity index (χ1v) is 10.2. The molecular weight excluding hydrogens is 336 g/mol. The van der Waals surface area contributed by atoms with Gasteiger partial charge in [-0.25, -0.2) is 4.68 Å². The standard InChI is InChI=1S/C22H28N4O/c1-16-10-17(12-23-16)14-25-8-7-19-11-18(5-6-21(19)25)20-13-24-26(15-20)22-4-2-3-9-27-22/h5-8,11,13,15-17,22-23H,2-4,9-10,12,14H2,1H3/t16-,17?,22?/m0/s1. The maximum absolute atomic E-state index is 5.85. The molecule has 0 saturated carbocycles. The van der Waals surface area contributed by atoms with Gasteiger partial charge in [-0.2, -0.15) is 5.10 Å². The van der Waals surface area contributed by atoms with E-state index in [1.54, 1.807) is 0 Å². The molecule has 0 bridgehead atoms. The lowest BCUT2D eigenvalue weighted by molar-refractivity contribution is -0.0394. The topological polar surface area (TPSA) is 44.0 Å². The quantitative estimate of drug-likeness (QED) is 0.754. The predicted molar refractivity (Wildman–Crippen MR) is 108 cm³/mol. The Labute approximate surface area is 160 Å². The van der Waals surface area contributed by atoms with Crippen LogP contribution in [-0.2, 0) is 11.3 Å². The summed E-state index contributed by atoms with van der Waals surface area (Å²) in [6, 6.07) is 9.64. The van der Waals surface area contributed by atoms with Crippen LogP contribution < -0.4 is 5.32 Å². The summed E-state index contributed by atoms with van der Waals surface area (Å²) in [6.07, 6.45) is 11.1. The summed E-state index contributed by atoms with van der Waals surface area (Å²) in [7, 11) is 0. The second kappa shape index (κ2) is 7.13. The highest BCUT2D eigenvalue weighted by Crippen LogP contribution is 2.28. The molecule has 2 aliphatic heterocycles. The van der Waals surface area contributed by atoms with Crippen LogP contribution in [0.1, 0.15) is 38.8 Å². The molecule has 0 radical (unpaired) electrons. The molecule has 27 heavy (non-hydrogen) atoms. The summed E-state index contributed by atoms with van der Waals surface area (Å²) in [5, 5.41) is 9.41. The maximum Gasteiger partial charge on any atom is 0.150 e. The van der Waals surface area contributed by atoms with Crippen molar-refractivity contribution in [3.8, 4) is 11.1 Å². The average Bonchev–Trinajstić information content (AvgIpc) is 3.43. The van der Waals surface area contributed by atoms with Crippen LogP contribution in [0.2, 0.25) is 0 Å². The van der Waals surface area contributed by atoms with Crippen LogP contribution in [0.15, 0.2) is 42.9 Å². The number of fused-ring (bicyclic) bond motifs is 1. The zero-order valence-electron chi connectivity index (χ0n) is 16.0. The first-order chi connectivity index (χ1) is 13.3. The number of nitrogens with zero attached hydrogens (tertiary/aromatic N) is 3. The third-order valence-corrected chi connectivity index (χ3v) is 6.05. The van der Waals surface area contributed by atoms with E-state index in [2.05, 4.69) is 58.6 Å². The first kappa shape index (κ1) is 17.0. The number of rotatable bonds is 4. The van der Waals surface area contributed by atoms with Gasteiger partial charge < -0.3 is 14.6 Å². The molecule has 2 aromatic heterocycles. The van der Waals surface area contributed by atoms with E-state index in [1.807, 2.05) is 10.9 Å². The van der Waals surface area contributed by atoms with Gasteiger partial charge in [-0.05, 0) is 68.8 Å². The monoisotopic (exact) mass is 364 g/mol. The number of benzene rings is 1. The molecule has 2 fully saturated rings. The minimum atomic E-state index is 0.0970. The number of ether oxygens (including phenoxy) is 1. The van der Waals surface area contributed by atoms with Gasteiger partial charge in [0.1, 0.15) is 6.23 Å². The number of aromatic nitrogens is 3. The van der Waals surface area contributed by atoms with Crippen LogP contribution >= 0.6 is 0 Å². The summed E-state index contributed by atoms with van der Waals surface area (Å²) in [6.45, 7) is 5.34. The fourth-order valence-electron chi connectivity index (χ4n) is 4.57. The lowest BCUT2D eigenvalue weighted by Crippen LogP contribution is -2.18. The van der Waals surface area contributed by atoms with Crippen molar-refractivity contribution in [1.29, 1.82) is 0 Å². The molecular formula is C22H28N4O. The minimum absolute atomic E-state index is 0.0970. The van der Waals surface area contributed by atoms with E-state index in [1.165, 1.54) is 29.3 Å². The highest BCUT2D eigenvalue weighted by Gasteiger charge is 2.21. The highest BCUT2D eigenvalue weighted by atomic mass is 16.5. The largest absolute Gasteiger partial charge is 0.357 e. The molecule has 2 saturated heterocycles. The summed E-state index contributed by atoms with van der Waals surface area (Å²) in [4.78, 5) is 0. The number of hydrogen-bond donors (Lipinski definition) is 1. The molecule has 3 aromatic rings. The van der Waals surface area contributed by atoms with Crippen molar-refractivity contribution in [3.63, 3.8) is 0 Å². The Morgan fingerprint density at radius 3 is 3.00 bits per heavy atom. The van der Waals surface area contributed by atoms with Crippen molar-refractivity contribution >= 4 is 10.9 Å². The smallest absolute Gasteiger partial charge is 0.150 e. The van der Waals surface area contributed by atoms with Gasteiger partial charge in [-0.3, -0.25) is 0 Å². The normalized spacial score (nSPS) is 26.0. The van der Waals surface area contributed by atoms with Crippen molar-refractivity contribution in [1.82, 2.24) is 19.7 Å². The van der Waals surface area contributed by atoms with Gasteiger partial charge >= 0.3 is 0 Å². The third-order valence-electron chi connectivity index (χ3n) is 6.05. The van der Waals surface area contributed by atoms with E-state index in [0.717, 1.165) is 44.0 Å². The fraction of sp³-hybridized carbons (Fsp3) is 0.500. The summed E-state index contributed by atoms with van der Waals surface area (Å²) < 4.78 is 10.2. The van der Waals surface area contributed by atoms with Crippen LogP contribution in [0.25, 0.3) is 22.0 Å². The second-order valence-corrected chi connectivity index (χ2v) is 8.18. The zero-order chi connectivity index (χ0) is 18.2. The molecule has 2 unspecified atom stereocenters. The molecule has 2 aliphatic rings. The van der Waals surface area contributed by atoms with E-state index in [0.29, 0.717) is 6.04 Å². The lowest BCUT2D eigenvalue weighted by atomic mass is 10.1. The SMILES string of the molecule is C[C@H]1CC(Cn2ccc3cc(-c4cnn(C5CCCCO5)c4)ccc32)CN1. The van der Waals surface area contributed by atoms with E-state index in [-0.39, 0.29) is 6.23 Å². The Bertz CT molecular complexity index is 921. The molecule has 0 amide bonds. The van der Waals surface area contributed by atoms with Crippen LogP contribution in [0.4, 0.5) is 0 Å². The molecule has 5 heteroatoms. The average molecular weight is 364 g/mol. The molecule has 3 atom stereocenters.